The Labute approximate surface area is 357 Å². The van der Waals surface area contributed by atoms with Crippen LogP contribution in [0, 0.1) is 0 Å². The molecule has 0 fully saturated rings. The summed E-state index contributed by atoms with van der Waals surface area (Å²) in [5.74, 6) is -0.0609. The van der Waals surface area contributed by atoms with Gasteiger partial charge in [-0.3, -0.25) is 9.59 Å². The molecule has 0 saturated heterocycles. The number of rotatable bonds is 8. The summed E-state index contributed by atoms with van der Waals surface area (Å²) in [7, 11) is 0. The molecule has 0 aliphatic heterocycles. The Kier molecular flexibility index (Phi) is 10.7. The molecule has 7 aromatic rings. The van der Waals surface area contributed by atoms with Crippen molar-refractivity contribution in [3.8, 4) is 0 Å². The van der Waals surface area contributed by atoms with E-state index in [4.69, 9.17) is 23.2 Å². The molecule has 282 valence electrons. The fourth-order valence-corrected chi connectivity index (χ4v) is 9.05. The number of allylic oxidation sites excluding steroid dienone is 10. The quantitative estimate of drug-likeness (QED) is 0.153. The maximum atomic E-state index is 14.3. The summed E-state index contributed by atoms with van der Waals surface area (Å²) in [6, 6.07) is 59.3. The summed E-state index contributed by atoms with van der Waals surface area (Å²) < 4.78 is 0. The highest BCUT2D eigenvalue weighted by Crippen LogP contribution is 2.44. The van der Waals surface area contributed by atoms with Gasteiger partial charge in [0.1, 0.15) is 0 Å². The van der Waals surface area contributed by atoms with E-state index < -0.39 is 0 Å². The lowest BCUT2D eigenvalue weighted by molar-refractivity contribution is -0.109. The van der Waals surface area contributed by atoms with E-state index in [1.165, 1.54) is 0 Å². The van der Waals surface area contributed by atoms with Crippen LogP contribution in [0.5, 0.6) is 0 Å². The van der Waals surface area contributed by atoms with Crippen molar-refractivity contribution < 1.29 is 9.59 Å². The minimum atomic E-state index is -0.0305. The molecule has 0 saturated carbocycles. The minimum absolute atomic E-state index is 0.0305. The molecule has 59 heavy (non-hydrogen) atoms. The Hall–Kier alpha value is -6.62. The van der Waals surface area contributed by atoms with E-state index in [9.17, 15) is 9.59 Å². The molecular weight excluding hydrogens is 784 g/mol. The number of ketones is 2. The van der Waals surface area contributed by atoms with Crippen LogP contribution in [0.25, 0.3) is 33.4 Å². The van der Waals surface area contributed by atoms with E-state index in [1.54, 1.807) is 11.3 Å². The predicted molar refractivity (Wildman–Crippen MR) is 247 cm³/mol. The average molecular weight is 818 g/mol. The number of carbonyl (C=O) groups is 2. The first kappa shape index (κ1) is 37.9. The monoisotopic (exact) mass is 816 g/mol. The van der Waals surface area contributed by atoms with Crippen LogP contribution in [0.2, 0.25) is 10.0 Å². The molecule has 0 unspecified atom stereocenters. The molecule has 0 N–H and O–H groups in total. The van der Waals surface area contributed by atoms with Crippen molar-refractivity contribution in [2.24, 2.45) is 0 Å². The predicted octanol–water partition coefficient (Wildman–Crippen LogP) is 14.2. The van der Waals surface area contributed by atoms with E-state index in [2.05, 4.69) is 12.1 Å². The average Bonchev–Trinajstić information content (AvgIpc) is 3.76. The number of thiophene rings is 1. The molecule has 0 amide bonds. The maximum absolute atomic E-state index is 14.3. The number of carbonyl (C=O) groups excluding carboxylic acids is 2. The van der Waals surface area contributed by atoms with Crippen LogP contribution in [0.3, 0.4) is 0 Å². The molecule has 9 rings (SSSR count). The first-order chi connectivity index (χ1) is 28.9. The summed E-state index contributed by atoms with van der Waals surface area (Å²) in [6.45, 7) is 0. The van der Waals surface area contributed by atoms with Crippen molar-refractivity contribution in [3.63, 3.8) is 0 Å². The lowest BCUT2D eigenvalue weighted by atomic mass is 9.83. The zero-order valence-corrected chi connectivity index (χ0v) is 33.9. The second-order valence-corrected chi connectivity index (χ2v) is 16.1. The highest BCUT2D eigenvalue weighted by Gasteiger charge is 2.28. The molecule has 1 heterocycles. The zero-order chi connectivity index (χ0) is 40.3. The Morgan fingerprint density at radius 3 is 0.881 bits per heavy atom. The molecule has 1 aromatic heterocycles. The summed E-state index contributed by atoms with van der Waals surface area (Å²) in [5, 5.41) is 1.27. The van der Waals surface area contributed by atoms with Crippen LogP contribution in [-0.4, -0.2) is 11.6 Å². The SMILES string of the molecule is O=C1C(c2ccccc2)=CC(=C(c2ccc(Cl)cc2)c2ccc(C(=C3C=C(c4ccccc4)C(=O)C(c4ccccc4)=C3)c3ccc(Cl)cc3)s2)C=C1c1ccccc1. The molecule has 5 heteroatoms. The van der Waals surface area contributed by atoms with Gasteiger partial charge in [0.2, 0.25) is 0 Å². The van der Waals surface area contributed by atoms with Crippen molar-refractivity contribution >= 4 is 79.5 Å². The van der Waals surface area contributed by atoms with Gasteiger partial charge in [0.25, 0.3) is 0 Å². The zero-order valence-electron chi connectivity index (χ0n) is 31.6. The van der Waals surface area contributed by atoms with Gasteiger partial charge in [-0.2, -0.15) is 0 Å². The molecule has 0 spiro atoms. The Bertz CT molecular complexity index is 2590. The van der Waals surface area contributed by atoms with Gasteiger partial charge in [0, 0.05) is 53.2 Å². The molecule has 2 aliphatic carbocycles. The van der Waals surface area contributed by atoms with E-state index in [0.29, 0.717) is 32.3 Å². The highest BCUT2D eigenvalue weighted by molar-refractivity contribution is 7.14. The smallest absolute Gasteiger partial charge is 0.194 e. The molecule has 2 nitrogen and oxygen atoms in total. The van der Waals surface area contributed by atoms with Crippen LogP contribution in [0.1, 0.15) is 43.1 Å². The first-order valence-corrected chi connectivity index (χ1v) is 20.8. The van der Waals surface area contributed by atoms with Gasteiger partial charge in [-0.05, 0) is 105 Å². The second-order valence-electron chi connectivity index (χ2n) is 14.2. The van der Waals surface area contributed by atoms with Gasteiger partial charge in [-0.25, -0.2) is 0 Å². The van der Waals surface area contributed by atoms with E-state index >= 15 is 0 Å². The van der Waals surface area contributed by atoms with Gasteiger partial charge in [-0.1, -0.05) is 169 Å². The number of benzene rings is 6. The van der Waals surface area contributed by atoms with E-state index in [1.807, 2.05) is 194 Å². The maximum Gasteiger partial charge on any atom is 0.194 e. The number of hydrogen-bond donors (Lipinski definition) is 0. The lowest BCUT2D eigenvalue weighted by Crippen LogP contribution is -2.10. The summed E-state index contributed by atoms with van der Waals surface area (Å²) in [6.07, 6.45) is 8.07. The lowest BCUT2D eigenvalue weighted by Gasteiger charge is -2.20. The standard InChI is InChI=1S/C54H34Cl2O2S/c55-43-25-21-39(22-26-43)51(41-31-45(35-13-5-1-6-14-35)53(57)46(32-41)36-15-7-2-8-16-36)49-29-30-50(59-49)52(40-23-27-44(56)28-24-40)42-33-47(37-17-9-3-10-18-37)54(58)48(34-42)38-19-11-4-12-20-38/h1-34H. The van der Waals surface area contributed by atoms with Gasteiger partial charge in [0.05, 0.1) is 0 Å². The third-order valence-corrected chi connectivity index (χ3v) is 12.1. The Morgan fingerprint density at radius 1 is 0.339 bits per heavy atom. The number of Topliss-reactive ketones (excluding diaryl/α,β-unsaturated/α-hetero) is 2. The van der Waals surface area contributed by atoms with Crippen molar-refractivity contribution in [1.82, 2.24) is 0 Å². The van der Waals surface area contributed by atoms with Crippen LogP contribution < -0.4 is 0 Å². The van der Waals surface area contributed by atoms with E-state index in [-0.39, 0.29) is 11.6 Å². The van der Waals surface area contributed by atoms with Crippen molar-refractivity contribution in [2.45, 2.75) is 0 Å². The first-order valence-electron chi connectivity index (χ1n) is 19.2. The number of hydrogen-bond acceptors (Lipinski definition) is 3. The summed E-state index contributed by atoms with van der Waals surface area (Å²) in [5.41, 5.74) is 11.5. The largest absolute Gasteiger partial charge is 0.289 e. The molecule has 0 atom stereocenters. The summed E-state index contributed by atoms with van der Waals surface area (Å²) in [4.78, 5) is 30.6. The van der Waals surface area contributed by atoms with Crippen LogP contribution in [0.4, 0.5) is 0 Å². The minimum Gasteiger partial charge on any atom is -0.289 e. The van der Waals surface area contributed by atoms with Gasteiger partial charge in [-0.15, -0.1) is 11.3 Å². The van der Waals surface area contributed by atoms with Gasteiger partial charge < -0.3 is 0 Å². The van der Waals surface area contributed by atoms with E-state index in [0.717, 1.165) is 65.4 Å². The van der Waals surface area contributed by atoms with Gasteiger partial charge in [0.15, 0.2) is 11.6 Å². The molecule has 0 bridgehead atoms. The van der Waals surface area contributed by atoms with Crippen molar-refractivity contribution in [2.75, 3.05) is 0 Å². The molecular formula is C54H34Cl2O2S. The fourth-order valence-electron chi connectivity index (χ4n) is 7.62. The normalized spacial score (nSPS) is 14.0. The fraction of sp³-hybridized carbons (Fsp3) is 0. The molecule has 2 aliphatic rings. The topological polar surface area (TPSA) is 34.1 Å². The number of halogens is 2. The van der Waals surface area contributed by atoms with Crippen LogP contribution >= 0.6 is 34.5 Å². The molecule has 0 radical (unpaired) electrons. The Morgan fingerprint density at radius 2 is 0.610 bits per heavy atom. The third-order valence-electron chi connectivity index (χ3n) is 10.5. The summed E-state index contributed by atoms with van der Waals surface area (Å²) >= 11 is 14.6. The highest BCUT2D eigenvalue weighted by atomic mass is 35.5. The van der Waals surface area contributed by atoms with Crippen molar-refractivity contribution in [3.05, 3.63) is 271 Å². The third kappa shape index (κ3) is 7.84. The van der Waals surface area contributed by atoms with Crippen molar-refractivity contribution in [1.29, 1.82) is 0 Å². The second kappa shape index (κ2) is 16.7. The van der Waals surface area contributed by atoms with Gasteiger partial charge >= 0.3 is 0 Å². The molecule has 6 aromatic carbocycles. The van der Waals surface area contributed by atoms with Crippen LogP contribution in [-0.2, 0) is 9.59 Å². The van der Waals surface area contributed by atoms with Crippen LogP contribution in [0.15, 0.2) is 217 Å². The Balaban J connectivity index is 1.31.